The molecule has 1 atom stereocenters. The van der Waals surface area contributed by atoms with Crippen molar-refractivity contribution >= 4 is 11.6 Å². The molecule has 0 aromatic carbocycles. The van der Waals surface area contributed by atoms with Crippen molar-refractivity contribution in [2.75, 3.05) is 0 Å². The van der Waals surface area contributed by atoms with E-state index in [9.17, 15) is 0 Å². The Morgan fingerprint density at radius 3 is 2.40 bits per heavy atom. The maximum absolute atomic E-state index is 8.64. The monoisotopic (exact) mass is 160 g/mol. The Morgan fingerprint density at radius 1 is 1.60 bits per heavy atom. The van der Waals surface area contributed by atoms with Crippen LogP contribution in [0.4, 0.5) is 0 Å². The molecule has 1 N–H and O–H groups in total. The van der Waals surface area contributed by atoms with Gasteiger partial charge in [0.25, 0.3) is 0 Å². The first-order valence-corrected chi connectivity index (χ1v) is 3.68. The maximum Gasteiger partial charge on any atom is 0.108 e. The van der Waals surface area contributed by atoms with Gasteiger partial charge in [0.2, 0.25) is 0 Å². The van der Waals surface area contributed by atoms with Gasteiger partial charge in [0.15, 0.2) is 0 Å². The molecule has 0 rings (SSSR count). The summed E-state index contributed by atoms with van der Waals surface area (Å²) < 4.78 is 0. The first-order chi connectivity index (χ1) is 4.54. The van der Waals surface area contributed by atoms with Crippen LogP contribution in [0.3, 0.4) is 0 Å². The number of rotatable bonds is 3. The fraction of sp³-hybridized carbons (Fsp3) is 0.500. The average Bonchev–Trinajstić information content (AvgIpc) is 1.82. The second-order valence-electron chi connectivity index (χ2n) is 2.54. The van der Waals surface area contributed by atoms with Crippen molar-refractivity contribution in [1.29, 1.82) is 0 Å². The molecule has 0 aliphatic carbocycles. The molecule has 0 radical (unpaired) electrons. The molecule has 0 fully saturated rings. The number of allylic oxidation sites excluding steroid dienone is 2. The second kappa shape index (κ2) is 4.40. The Labute approximate surface area is 67.0 Å². The average molecular weight is 161 g/mol. The Hall–Kier alpha value is -0.430. The third-order valence-electron chi connectivity index (χ3n) is 1.11. The molecule has 0 aromatic heterocycles. The van der Waals surface area contributed by atoms with E-state index in [1.165, 1.54) is 6.08 Å². The van der Waals surface area contributed by atoms with Crippen molar-refractivity contribution in [3.63, 3.8) is 0 Å². The van der Waals surface area contributed by atoms with E-state index < -0.39 is 0 Å². The second-order valence-corrected chi connectivity index (χ2v) is 3.04. The normalized spacial score (nSPS) is 14.4. The van der Waals surface area contributed by atoms with Gasteiger partial charge in [-0.2, -0.15) is 0 Å². The number of hydrogen-bond acceptors (Lipinski definition) is 1. The van der Waals surface area contributed by atoms with Gasteiger partial charge in [-0.3, -0.25) is 0 Å². The van der Waals surface area contributed by atoms with Crippen molar-refractivity contribution in [2.24, 2.45) is 5.92 Å². The summed E-state index contributed by atoms with van der Waals surface area (Å²) in [6, 6.07) is 0. The summed E-state index contributed by atoms with van der Waals surface area (Å²) in [4.78, 5) is 0. The minimum atomic E-state index is -0.0242. The summed E-state index contributed by atoms with van der Waals surface area (Å²) in [7, 11) is 0. The predicted molar refractivity (Wildman–Crippen MR) is 45.4 cm³/mol. The van der Waals surface area contributed by atoms with E-state index in [1.54, 1.807) is 6.08 Å². The molecule has 58 valence electrons. The molecule has 0 saturated carbocycles. The number of alkyl halides is 1. The van der Waals surface area contributed by atoms with Crippen LogP contribution >= 0.6 is 11.6 Å². The largest absolute Gasteiger partial charge is 0.509 e. The van der Waals surface area contributed by atoms with Crippen LogP contribution in [0.5, 0.6) is 0 Å². The molecule has 0 heterocycles. The Morgan fingerprint density at radius 2 is 2.10 bits per heavy atom. The minimum absolute atomic E-state index is 0.0242. The van der Waals surface area contributed by atoms with Crippen LogP contribution in [0.25, 0.3) is 0 Å². The van der Waals surface area contributed by atoms with Crippen molar-refractivity contribution in [3.8, 4) is 0 Å². The third kappa shape index (κ3) is 4.45. The fourth-order valence-corrected chi connectivity index (χ4v) is 0.498. The summed E-state index contributed by atoms with van der Waals surface area (Å²) in [6.45, 7) is 7.33. The van der Waals surface area contributed by atoms with Gasteiger partial charge in [0.1, 0.15) is 5.76 Å². The molecular formula is C8H13ClO. The quantitative estimate of drug-likeness (QED) is 0.383. The number of aliphatic hydroxyl groups excluding tert-OH is 1. The van der Waals surface area contributed by atoms with Crippen LogP contribution in [0, 0.1) is 5.92 Å². The van der Waals surface area contributed by atoms with E-state index in [1.807, 2.05) is 13.8 Å². The van der Waals surface area contributed by atoms with Gasteiger partial charge in [-0.1, -0.05) is 26.5 Å². The third-order valence-corrected chi connectivity index (χ3v) is 1.76. The summed E-state index contributed by atoms with van der Waals surface area (Å²) in [6.07, 6.45) is 3.24. The highest BCUT2D eigenvalue weighted by Crippen LogP contribution is 2.10. The zero-order chi connectivity index (χ0) is 8.15. The molecule has 10 heavy (non-hydrogen) atoms. The first-order valence-electron chi connectivity index (χ1n) is 3.24. The van der Waals surface area contributed by atoms with E-state index >= 15 is 0 Å². The SMILES string of the molecule is C=C(O)/C=C\C(Cl)C(C)C. The van der Waals surface area contributed by atoms with E-state index in [0.29, 0.717) is 5.92 Å². The summed E-state index contributed by atoms with van der Waals surface area (Å²) in [5, 5.41) is 8.62. The Balaban J connectivity index is 3.77. The Kier molecular flexibility index (Phi) is 4.21. The van der Waals surface area contributed by atoms with Gasteiger partial charge in [0.05, 0.1) is 5.38 Å². The summed E-state index contributed by atoms with van der Waals surface area (Å²) >= 11 is 5.82. The smallest absolute Gasteiger partial charge is 0.108 e. The summed E-state index contributed by atoms with van der Waals surface area (Å²) in [5.41, 5.74) is 0. The molecule has 0 bridgehead atoms. The minimum Gasteiger partial charge on any atom is -0.509 e. The van der Waals surface area contributed by atoms with Crippen LogP contribution in [0.15, 0.2) is 24.5 Å². The lowest BCUT2D eigenvalue weighted by Gasteiger charge is -2.06. The fourth-order valence-electron chi connectivity index (χ4n) is 0.425. The molecule has 0 saturated heterocycles. The highest BCUT2D eigenvalue weighted by molar-refractivity contribution is 6.21. The van der Waals surface area contributed by atoms with Gasteiger partial charge in [-0.15, -0.1) is 11.6 Å². The van der Waals surface area contributed by atoms with Crippen LogP contribution in [-0.2, 0) is 0 Å². The number of hydrogen-bond donors (Lipinski definition) is 1. The Bertz CT molecular complexity index is 138. The maximum atomic E-state index is 8.64. The van der Waals surface area contributed by atoms with Crippen LogP contribution in [0.1, 0.15) is 13.8 Å². The number of aliphatic hydroxyl groups is 1. The lowest BCUT2D eigenvalue weighted by Crippen LogP contribution is -2.02. The lowest BCUT2D eigenvalue weighted by atomic mass is 10.1. The first kappa shape index (κ1) is 9.57. The lowest BCUT2D eigenvalue weighted by molar-refractivity contribution is 0.434. The molecule has 1 nitrogen and oxygen atoms in total. The van der Waals surface area contributed by atoms with E-state index in [2.05, 4.69) is 6.58 Å². The van der Waals surface area contributed by atoms with Crippen molar-refractivity contribution in [2.45, 2.75) is 19.2 Å². The zero-order valence-corrected chi connectivity index (χ0v) is 7.10. The van der Waals surface area contributed by atoms with E-state index in [-0.39, 0.29) is 11.1 Å². The molecule has 0 aromatic rings. The molecule has 0 spiro atoms. The van der Waals surface area contributed by atoms with Crippen LogP contribution in [0.2, 0.25) is 0 Å². The molecule has 0 aliphatic rings. The van der Waals surface area contributed by atoms with Crippen molar-refractivity contribution < 1.29 is 5.11 Å². The van der Waals surface area contributed by atoms with Crippen molar-refractivity contribution in [1.82, 2.24) is 0 Å². The molecule has 1 unspecified atom stereocenters. The van der Waals surface area contributed by atoms with Crippen LogP contribution in [-0.4, -0.2) is 10.5 Å². The molecular weight excluding hydrogens is 148 g/mol. The van der Waals surface area contributed by atoms with Gasteiger partial charge in [0, 0.05) is 0 Å². The zero-order valence-electron chi connectivity index (χ0n) is 6.34. The predicted octanol–water partition coefficient (Wildman–Crippen LogP) is 2.88. The van der Waals surface area contributed by atoms with Gasteiger partial charge >= 0.3 is 0 Å². The van der Waals surface area contributed by atoms with Gasteiger partial charge in [-0.05, 0) is 12.0 Å². The highest BCUT2D eigenvalue weighted by atomic mass is 35.5. The standard InChI is InChI=1S/C8H13ClO/c1-6(2)8(9)5-4-7(3)10/h4-6,8,10H,3H2,1-2H3/b5-4-. The highest BCUT2D eigenvalue weighted by Gasteiger charge is 2.03. The molecule has 2 heteroatoms. The molecule has 0 aliphatic heterocycles. The van der Waals surface area contributed by atoms with Crippen LogP contribution < -0.4 is 0 Å². The van der Waals surface area contributed by atoms with Gasteiger partial charge < -0.3 is 5.11 Å². The topological polar surface area (TPSA) is 20.2 Å². The van der Waals surface area contributed by atoms with Crippen molar-refractivity contribution in [3.05, 3.63) is 24.5 Å². The molecule has 0 amide bonds. The summed E-state index contributed by atoms with van der Waals surface area (Å²) in [5.74, 6) is 0.434. The number of halogens is 1. The van der Waals surface area contributed by atoms with E-state index in [4.69, 9.17) is 16.7 Å². The van der Waals surface area contributed by atoms with E-state index in [0.717, 1.165) is 0 Å². The van der Waals surface area contributed by atoms with Gasteiger partial charge in [-0.25, -0.2) is 0 Å².